The summed E-state index contributed by atoms with van der Waals surface area (Å²) in [6.45, 7) is 7.34. The minimum atomic E-state index is -2.59. The number of halogens is 9. The van der Waals surface area contributed by atoms with Gasteiger partial charge in [-0.15, -0.1) is 34.0 Å². The number of ether oxygens (including phenoxy) is 3. The number of aromatic nitrogens is 9. The van der Waals surface area contributed by atoms with E-state index >= 15 is 0 Å². The molecule has 87 heavy (non-hydrogen) atoms. The lowest BCUT2D eigenvalue weighted by Gasteiger charge is -2.37. The third kappa shape index (κ3) is 20.5. The molecule has 0 bridgehead atoms. The number of carbonyl (C=O) groups excluding carboxylic acids is 2. The molecule has 3 aliphatic carbocycles. The number of thiazole rings is 3. The maximum Gasteiger partial charge on any atom is 0.409 e. The van der Waals surface area contributed by atoms with Crippen LogP contribution in [0.5, 0.6) is 5.88 Å². The van der Waals surface area contributed by atoms with Gasteiger partial charge in [-0.2, -0.15) is 4.98 Å². The summed E-state index contributed by atoms with van der Waals surface area (Å²) in [5.41, 5.74) is 2.70. The van der Waals surface area contributed by atoms with Crippen molar-refractivity contribution in [3.8, 4) is 38.4 Å². The van der Waals surface area contributed by atoms with E-state index in [0.29, 0.717) is 131 Å². The number of amides is 2. The van der Waals surface area contributed by atoms with Crippen LogP contribution >= 0.6 is 68.8 Å². The summed E-state index contributed by atoms with van der Waals surface area (Å²) in [6.07, 6.45) is 1.29. The average molecular weight is 1340 g/mol. The Morgan fingerprint density at radius 3 is 1.29 bits per heavy atom. The van der Waals surface area contributed by atoms with Crippen molar-refractivity contribution in [2.45, 2.75) is 146 Å². The summed E-state index contributed by atoms with van der Waals surface area (Å²) >= 11 is 22.0. The molecule has 11 rings (SSSR count). The summed E-state index contributed by atoms with van der Waals surface area (Å²) in [5.74, 6) is -4.51. The van der Waals surface area contributed by atoms with Crippen molar-refractivity contribution in [1.29, 1.82) is 0 Å². The van der Waals surface area contributed by atoms with Gasteiger partial charge in [0.1, 0.15) is 33.2 Å². The van der Waals surface area contributed by atoms with Gasteiger partial charge in [0.05, 0.1) is 46.5 Å². The van der Waals surface area contributed by atoms with Crippen molar-refractivity contribution < 1.29 is 55.2 Å². The van der Waals surface area contributed by atoms with Crippen LogP contribution < -0.4 is 19.9 Å². The van der Waals surface area contributed by atoms with E-state index in [1.807, 2.05) is 67.9 Å². The predicted molar refractivity (Wildman–Crippen MR) is 325 cm³/mol. The Morgan fingerprint density at radius 2 is 0.920 bits per heavy atom. The lowest BCUT2D eigenvalue weighted by molar-refractivity contribution is -0.0400. The molecule has 476 valence electrons. The smallest absolute Gasteiger partial charge is 0.409 e. The third-order valence-corrected chi connectivity index (χ3v) is 18.1. The number of aryl methyl sites for hydroxylation is 3. The Kier molecular flexibility index (Phi) is 24.4. The molecule has 3 saturated carbocycles. The first kappa shape index (κ1) is 68.9. The number of nitrogens with one attached hydrogen (secondary N) is 1. The molecule has 0 atom stereocenters. The van der Waals surface area contributed by atoms with Gasteiger partial charge in [-0.25, -0.2) is 75.8 Å². The maximum atomic E-state index is 13.6. The Balaban J connectivity index is 0.000000168. The number of aliphatic hydroxyl groups is 1. The standard InChI is InChI=1S/C20H25F2N5O3S.C15H17ClF2N4S.C8H5Cl2N3S.C7H13F2N.C5H9NO3/c1-12-11-31-18(23-12)17-24-15(26(2)13-4-6-20(21,22)7-5-13)8-16(25-17)30-14-9-27(10-14)19(28)29-3;1-9-8-23-14(19-9)13-20-11(16)7-12(21-13)22(2)10-3-5-15(17,18)6-4-10;1-4-3-14-8(11-4)7-12-5(9)2-6(10)13-7;1-10-6-2-4-7(8,9)5-3-6;1-9-5(8)6-2-4(7)3-6/h8,11,13-14H,4-7,9-10H2,1-3H3;7-8,10H,3-6H2,1-2H3;2-3H,1H3;6,10H,2-5H2,1H3;4,7H,2-3H2,1H3. The molecule has 20 nitrogen and oxygen atoms in total. The molecule has 6 aromatic rings. The van der Waals surface area contributed by atoms with Crippen molar-refractivity contribution in [1.82, 2.24) is 60.0 Å². The summed E-state index contributed by atoms with van der Waals surface area (Å²) in [5, 5.41) is 20.6. The first-order chi connectivity index (χ1) is 41.1. The molecule has 2 saturated heterocycles. The van der Waals surface area contributed by atoms with Gasteiger partial charge in [0.2, 0.25) is 23.6 Å². The quantitative estimate of drug-likeness (QED) is 0.0961. The van der Waals surface area contributed by atoms with Gasteiger partial charge in [0.15, 0.2) is 32.5 Å². The van der Waals surface area contributed by atoms with Gasteiger partial charge in [-0.1, -0.05) is 34.8 Å². The number of nitrogens with zero attached hydrogens (tertiary/aromatic N) is 13. The lowest BCUT2D eigenvalue weighted by atomic mass is 9.91. The van der Waals surface area contributed by atoms with E-state index < -0.39 is 23.9 Å². The van der Waals surface area contributed by atoms with Gasteiger partial charge in [0, 0.05) is 122 Å². The Bertz CT molecular complexity index is 3190. The summed E-state index contributed by atoms with van der Waals surface area (Å²) < 4.78 is 93.9. The number of aliphatic hydroxyl groups excluding tert-OH is 1. The van der Waals surface area contributed by atoms with E-state index in [1.165, 1.54) is 64.1 Å². The van der Waals surface area contributed by atoms with E-state index in [4.69, 9.17) is 49.4 Å². The number of rotatable bonds is 10. The Labute approximate surface area is 527 Å². The van der Waals surface area contributed by atoms with Gasteiger partial charge in [-0.3, -0.25) is 0 Å². The Hall–Kier alpha value is -5.56. The van der Waals surface area contributed by atoms with Gasteiger partial charge in [-0.05, 0) is 66.3 Å². The van der Waals surface area contributed by atoms with Crippen LogP contribution in [0.15, 0.2) is 34.3 Å². The van der Waals surface area contributed by atoms with Crippen molar-refractivity contribution >= 4 is 92.6 Å². The fraction of sp³-hybridized carbons (Fsp3) is 0.582. The zero-order valence-electron chi connectivity index (χ0n) is 49.1. The fourth-order valence-corrected chi connectivity index (χ4v) is 12.3. The summed E-state index contributed by atoms with van der Waals surface area (Å²) in [7, 11) is 8.22. The van der Waals surface area contributed by atoms with E-state index in [-0.39, 0.29) is 68.9 Å². The SMILES string of the molecule is CNC1CCC(F)(F)CC1.COC(=O)N1CC(O)C1.COC(=O)N1CC(Oc2cc(N(C)C3CCC(F)(F)CC3)nc(-c3nc(C)cs3)n2)C1.Cc1csc(-c2nc(Cl)cc(Cl)n2)n1.Cc1csc(-c2nc(Cl)cc(N(C)C3CCC(F)(F)CC3)n2)n1. The molecule has 8 heterocycles. The first-order valence-electron chi connectivity index (χ1n) is 27.8. The number of likely N-dealkylation sites (tertiary alicyclic amines) is 2. The fourth-order valence-electron chi connectivity index (χ4n) is 9.51. The predicted octanol–water partition coefficient (Wildman–Crippen LogP) is 12.8. The van der Waals surface area contributed by atoms with Gasteiger partial charge < -0.3 is 44.2 Å². The largest absolute Gasteiger partial charge is 0.470 e. The lowest BCUT2D eigenvalue weighted by Crippen LogP contribution is -2.56. The van der Waals surface area contributed by atoms with Gasteiger partial charge in [0.25, 0.3) is 0 Å². The van der Waals surface area contributed by atoms with Gasteiger partial charge >= 0.3 is 12.2 Å². The molecule has 0 spiro atoms. The minimum Gasteiger partial charge on any atom is -0.470 e. The average Bonchev–Trinajstić information content (AvgIpc) is 2.61. The number of alkyl halides is 6. The monoisotopic (exact) mass is 1340 g/mol. The second-order valence-corrected chi connectivity index (χ2v) is 25.2. The van der Waals surface area contributed by atoms with Crippen LogP contribution in [0.4, 0.5) is 47.6 Å². The van der Waals surface area contributed by atoms with Crippen LogP contribution in [-0.2, 0) is 9.47 Å². The number of carbonyl (C=O) groups is 2. The highest BCUT2D eigenvalue weighted by Gasteiger charge is 2.39. The van der Waals surface area contributed by atoms with Crippen LogP contribution in [0.25, 0.3) is 32.5 Å². The number of β-amino-alcohol motifs (C(OH)–C–C–N with tert-alkyl or cyclic N) is 1. The van der Waals surface area contributed by atoms with E-state index in [1.54, 1.807) is 12.1 Å². The van der Waals surface area contributed by atoms with Crippen molar-refractivity contribution in [3.63, 3.8) is 0 Å². The molecule has 0 aromatic carbocycles. The topological polar surface area (TPSA) is 223 Å². The number of hydrogen-bond acceptors (Lipinski definition) is 21. The summed E-state index contributed by atoms with van der Waals surface area (Å²) in [6, 6.07) is 5.20. The van der Waals surface area contributed by atoms with Crippen molar-refractivity contribution in [3.05, 3.63) is 66.9 Å². The number of hydrogen-bond donors (Lipinski definition) is 2. The van der Waals surface area contributed by atoms with Crippen LogP contribution in [0, 0.1) is 20.8 Å². The molecule has 0 radical (unpaired) electrons. The van der Waals surface area contributed by atoms with E-state index in [2.05, 4.69) is 54.9 Å². The highest BCUT2D eigenvalue weighted by Crippen LogP contribution is 2.39. The van der Waals surface area contributed by atoms with Crippen LogP contribution in [0.1, 0.15) is 94.1 Å². The number of methoxy groups -OCH3 is 2. The second kappa shape index (κ2) is 30.8. The molecule has 2 amide bonds. The molecule has 2 aliphatic heterocycles. The van der Waals surface area contributed by atoms with Crippen molar-refractivity contribution in [2.75, 3.05) is 71.3 Å². The Morgan fingerprint density at radius 1 is 0.563 bits per heavy atom. The number of anilines is 2. The van der Waals surface area contributed by atoms with E-state index in [9.17, 15) is 35.9 Å². The van der Waals surface area contributed by atoms with Crippen LogP contribution in [-0.4, -0.2) is 182 Å². The summed E-state index contributed by atoms with van der Waals surface area (Å²) in [4.78, 5) is 68.0. The zero-order valence-corrected chi connectivity index (χ0v) is 53.8. The normalized spacial score (nSPS) is 18.3. The molecule has 0 unspecified atom stereocenters. The second-order valence-electron chi connectivity index (χ2n) is 21.4. The molecule has 5 fully saturated rings. The molecule has 2 N–H and O–H groups in total. The van der Waals surface area contributed by atoms with Crippen LogP contribution in [0.3, 0.4) is 0 Å². The van der Waals surface area contributed by atoms with Crippen LogP contribution in [0.2, 0.25) is 15.5 Å². The highest BCUT2D eigenvalue weighted by atomic mass is 35.5. The molecule has 6 aromatic heterocycles. The molecular weight excluding hydrogens is 1270 g/mol. The maximum absolute atomic E-state index is 13.6. The van der Waals surface area contributed by atoms with Crippen molar-refractivity contribution in [2.24, 2.45) is 0 Å². The minimum absolute atomic E-state index is 0.0338. The van der Waals surface area contributed by atoms with E-state index in [0.717, 1.165) is 22.1 Å². The third-order valence-electron chi connectivity index (χ3n) is 14.6. The zero-order chi connectivity index (χ0) is 63.4. The first-order valence-corrected chi connectivity index (χ1v) is 31.6. The molecule has 32 heteroatoms. The molecular formula is C55H69Cl3F6N14O6S3. The highest BCUT2D eigenvalue weighted by molar-refractivity contribution is 7.13. The molecule has 5 aliphatic rings.